The molecular formula is C18H19F3N2O3. The van der Waals surface area contributed by atoms with E-state index in [1.165, 1.54) is 0 Å². The second-order valence-electron chi connectivity index (χ2n) is 6.60. The summed E-state index contributed by atoms with van der Waals surface area (Å²) in [7, 11) is 0. The standard InChI is InChI=1S/C18H19F3N2O3/c19-18(20,21)14-10-23(9-13(14)17(25)26)16(24)7-3-4-11-8-22-15-6-2-1-5-12(11)15/h1-2,5-6,8,13-14,22H,3-4,7,9-10H2,(H,25,26)/t13-,14-/m1/s1. The Hall–Kier alpha value is -2.51. The van der Waals surface area contributed by atoms with Gasteiger partial charge in [0.05, 0.1) is 11.8 Å². The van der Waals surface area contributed by atoms with Gasteiger partial charge in [-0.05, 0) is 24.5 Å². The highest BCUT2D eigenvalue weighted by Gasteiger charge is 2.53. The summed E-state index contributed by atoms with van der Waals surface area (Å²) in [5.41, 5.74) is 2.04. The van der Waals surface area contributed by atoms with E-state index in [2.05, 4.69) is 4.98 Å². The van der Waals surface area contributed by atoms with Crippen molar-refractivity contribution in [2.75, 3.05) is 13.1 Å². The van der Waals surface area contributed by atoms with Crippen molar-refractivity contribution in [3.05, 3.63) is 36.0 Å². The van der Waals surface area contributed by atoms with Crippen LogP contribution in [0, 0.1) is 11.8 Å². The summed E-state index contributed by atoms with van der Waals surface area (Å²) in [6.45, 7) is -0.961. The fourth-order valence-corrected chi connectivity index (χ4v) is 3.52. The van der Waals surface area contributed by atoms with Crippen LogP contribution in [-0.2, 0) is 16.0 Å². The molecule has 0 unspecified atom stereocenters. The third kappa shape index (κ3) is 3.68. The second-order valence-corrected chi connectivity index (χ2v) is 6.60. The molecule has 0 aliphatic carbocycles. The van der Waals surface area contributed by atoms with Crippen molar-refractivity contribution in [1.29, 1.82) is 0 Å². The molecule has 0 saturated carbocycles. The van der Waals surface area contributed by atoms with E-state index in [1.807, 2.05) is 30.5 Å². The smallest absolute Gasteiger partial charge is 0.394 e. The largest absolute Gasteiger partial charge is 0.481 e. The maximum Gasteiger partial charge on any atom is 0.394 e. The summed E-state index contributed by atoms with van der Waals surface area (Å²) in [4.78, 5) is 27.5. The van der Waals surface area contributed by atoms with Crippen LogP contribution >= 0.6 is 0 Å². The minimum atomic E-state index is -4.62. The topological polar surface area (TPSA) is 73.4 Å². The third-order valence-corrected chi connectivity index (χ3v) is 4.92. The van der Waals surface area contributed by atoms with Gasteiger partial charge in [-0.1, -0.05) is 18.2 Å². The minimum absolute atomic E-state index is 0.0937. The maximum atomic E-state index is 13.0. The highest BCUT2D eigenvalue weighted by atomic mass is 19.4. The van der Waals surface area contributed by atoms with Crippen molar-refractivity contribution in [2.24, 2.45) is 11.8 Å². The number of aromatic amines is 1. The van der Waals surface area contributed by atoms with Gasteiger partial charge in [-0.3, -0.25) is 9.59 Å². The fraction of sp³-hybridized carbons (Fsp3) is 0.444. The van der Waals surface area contributed by atoms with Crippen LogP contribution in [0.3, 0.4) is 0 Å². The average molecular weight is 368 g/mol. The van der Waals surface area contributed by atoms with Gasteiger partial charge in [0, 0.05) is 36.6 Å². The Labute approximate surface area is 147 Å². The molecule has 1 saturated heterocycles. The van der Waals surface area contributed by atoms with Gasteiger partial charge in [0.1, 0.15) is 0 Å². The number of aromatic nitrogens is 1. The van der Waals surface area contributed by atoms with Crippen molar-refractivity contribution >= 4 is 22.8 Å². The number of hydrogen-bond acceptors (Lipinski definition) is 2. The predicted octanol–water partition coefficient (Wildman–Crippen LogP) is 3.21. The van der Waals surface area contributed by atoms with E-state index in [-0.39, 0.29) is 13.0 Å². The van der Waals surface area contributed by atoms with Crippen molar-refractivity contribution in [2.45, 2.75) is 25.4 Å². The lowest BCUT2D eigenvalue weighted by Gasteiger charge is -2.18. The highest BCUT2D eigenvalue weighted by molar-refractivity contribution is 5.83. The number of H-pyrrole nitrogens is 1. The number of carbonyl (C=O) groups is 2. The molecule has 26 heavy (non-hydrogen) atoms. The lowest BCUT2D eigenvalue weighted by Crippen LogP contribution is -2.34. The molecule has 1 aliphatic rings. The Balaban J connectivity index is 1.57. The van der Waals surface area contributed by atoms with E-state index in [9.17, 15) is 22.8 Å². The van der Waals surface area contributed by atoms with Crippen LogP contribution in [-0.4, -0.2) is 46.1 Å². The molecule has 8 heteroatoms. The summed E-state index contributed by atoms with van der Waals surface area (Å²) in [5, 5.41) is 10.1. The van der Waals surface area contributed by atoms with E-state index in [4.69, 9.17) is 5.11 Å². The lowest BCUT2D eigenvalue weighted by atomic mass is 9.96. The summed E-state index contributed by atoms with van der Waals surface area (Å²) in [6.07, 6.45) is -1.55. The molecule has 2 atom stereocenters. The number of aryl methyl sites for hydroxylation is 1. The molecular weight excluding hydrogens is 349 g/mol. The number of carboxylic acids is 1. The molecule has 1 aromatic carbocycles. The third-order valence-electron chi connectivity index (χ3n) is 4.92. The number of nitrogens with one attached hydrogen (secondary N) is 1. The maximum absolute atomic E-state index is 13.0. The van der Waals surface area contributed by atoms with Gasteiger partial charge < -0.3 is 15.0 Å². The van der Waals surface area contributed by atoms with Crippen molar-refractivity contribution in [3.8, 4) is 0 Å². The van der Waals surface area contributed by atoms with Crippen LogP contribution in [0.4, 0.5) is 13.2 Å². The zero-order valence-corrected chi connectivity index (χ0v) is 13.9. The number of alkyl halides is 3. The fourth-order valence-electron chi connectivity index (χ4n) is 3.52. The number of rotatable bonds is 5. The number of carbonyl (C=O) groups excluding carboxylic acids is 1. The Morgan fingerprint density at radius 3 is 2.62 bits per heavy atom. The summed E-state index contributed by atoms with van der Waals surface area (Å²) in [5.74, 6) is -5.53. The first-order valence-electron chi connectivity index (χ1n) is 8.39. The van der Waals surface area contributed by atoms with Crippen LogP contribution in [0.5, 0.6) is 0 Å². The first-order valence-corrected chi connectivity index (χ1v) is 8.39. The van der Waals surface area contributed by atoms with Gasteiger partial charge in [0.25, 0.3) is 0 Å². The minimum Gasteiger partial charge on any atom is -0.481 e. The number of likely N-dealkylation sites (tertiary alicyclic amines) is 1. The van der Waals surface area contributed by atoms with Crippen molar-refractivity contribution in [1.82, 2.24) is 9.88 Å². The molecule has 1 fully saturated rings. The number of carboxylic acid groups (broad SMARTS) is 1. The number of benzene rings is 1. The van der Waals surface area contributed by atoms with Crippen LogP contribution in [0.1, 0.15) is 18.4 Å². The van der Waals surface area contributed by atoms with Gasteiger partial charge in [-0.2, -0.15) is 13.2 Å². The van der Waals surface area contributed by atoms with Crippen LogP contribution in [0.25, 0.3) is 10.9 Å². The van der Waals surface area contributed by atoms with E-state index >= 15 is 0 Å². The molecule has 1 aromatic heterocycles. The quantitative estimate of drug-likeness (QED) is 0.851. The number of para-hydroxylation sites is 1. The van der Waals surface area contributed by atoms with E-state index in [0.29, 0.717) is 12.8 Å². The predicted molar refractivity (Wildman–Crippen MR) is 88.5 cm³/mol. The number of amides is 1. The second kappa shape index (κ2) is 7.01. The highest BCUT2D eigenvalue weighted by Crippen LogP contribution is 2.38. The number of halogens is 3. The Kier molecular flexibility index (Phi) is 4.93. The number of aliphatic carboxylic acids is 1. The first kappa shape index (κ1) is 18.3. The number of nitrogens with zero attached hydrogens (tertiary/aromatic N) is 1. The molecule has 5 nitrogen and oxygen atoms in total. The molecule has 3 rings (SSSR count). The van der Waals surface area contributed by atoms with Gasteiger partial charge in [-0.15, -0.1) is 0 Å². The molecule has 0 radical (unpaired) electrons. The number of hydrogen-bond donors (Lipinski definition) is 2. The van der Waals surface area contributed by atoms with E-state index in [0.717, 1.165) is 21.4 Å². The summed E-state index contributed by atoms with van der Waals surface area (Å²) >= 11 is 0. The Bertz CT molecular complexity index is 815. The monoisotopic (exact) mass is 368 g/mol. The van der Waals surface area contributed by atoms with Crippen LogP contribution < -0.4 is 0 Å². The molecule has 1 aliphatic heterocycles. The van der Waals surface area contributed by atoms with Gasteiger partial charge in [0.15, 0.2) is 0 Å². The van der Waals surface area contributed by atoms with Crippen molar-refractivity contribution < 1.29 is 27.9 Å². The molecule has 1 amide bonds. The van der Waals surface area contributed by atoms with E-state index in [1.54, 1.807) is 0 Å². The van der Waals surface area contributed by atoms with Gasteiger partial charge in [-0.25, -0.2) is 0 Å². The molecule has 140 valence electrons. The van der Waals surface area contributed by atoms with E-state index < -0.39 is 36.4 Å². The Morgan fingerprint density at radius 1 is 1.23 bits per heavy atom. The average Bonchev–Trinajstić information content (AvgIpc) is 3.19. The lowest BCUT2D eigenvalue weighted by molar-refractivity contribution is -0.188. The zero-order valence-electron chi connectivity index (χ0n) is 13.9. The number of fused-ring (bicyclic) bond motifs is 1. The summed E-state index contributed by atoms with van der Waals surface area (Å²) in [6, 6.07) is 7.74. The SMILES string of the molecule is O=C(O)[C@@H]1CN(C(=O)CCCc2c[nH]c3ccccc23)C[C@H]1C(F)(F)F. The molecule has 0 bridgehead atoms. The first-order chi connectivity index (χ1) is 12.3. The molecule has 0 spiro atoms. The summed E-state index contributed by atoms with van der Waals surface area (Å²) < 4.78 is 39.0. The van der Waals surface area contributed by atoms with Crippen LogP contribution in [0.2, 0.25) is 0 Å². The Morgan fingerprint density at radius 2 is 1.96 bits per heavy atom. The molecule has 2 aromatic rings. The van der Waals surface area contributed by atoms with Gasteiger partial charge >= 0.3 is 12.1 Å². The molecule has 2 N–H and O–H groups in total. The normalized spacial score (nSPS) is 20.7. The van der Waals surface area contributed by atoms with Crippen molar-refractivity contribution in [3.63, 3.8) is 0 Å². The van der Waals surface area contributed by atoms with Crippen LogP contribution in [0.15, 0.2) is 30.5 Å². The van der Waals surface area contributed by atoms with Gasteiger partial charge in [0.2, 0.25) is 5.91 Å². The zero-order chi connectivity index (χ0) is 18.9. The molecule has 2 heterocycles.